The minimum absolute atomic E-state index is 0.228. The molecule has 0 aliphatic carbocycles. The maximum atomic E-state index is 11.8. The molecule has 0 bridgehead atoms. The van der Waals surface area contributed by atoms with Crippen molar-refractivity contribution in [1.82, 2.24) is 34.4 Å². The lowest BCUT2D eigenvalue weighted by atomic mass is 10.1. The monoisotopic (exact) mass is 474 g/mol. The topological polar surface area (TPSA) is 131 Å². The van der Waals surface area contributed by atoms with Crippen molar-refractivity contribution in [1.29, 1.82) is 0 Å². The Balaban J connectivity index is 1.42. The van der Waals surface area contributed by atoms with Gasteiger partial charge in [0.2, 0.25) is 17.7 Å². The van der Waals surface area contributed by atoms with E-state index in [9.17, 15) is 4.79 Å². The van der Waals surface area contributed by atoms with E-state index in [-0.39, 0.29) is 11.9 Å². The van der Waals surface area contributed by atoms with Crippen LogP contribution in [0.15, 0.2) is 36.8 Å². The number of hydrogen-bond donors (Lipinski definition) is 2. The lowest BCUT2D eigenvalue weighted by molar-refractivity contribution is -0.135. The fourth-order valence-electron chi connectivity index (χ4n) is 4.16. The zero-order valence-electron chi connectivity index (χ0n) is 19.8. The Morgan fingerprint density at radius 3 is 2.80 bits per heavy atom. The highest BCUT2D eigenvalue weighted by atomic mass is 16.5. The molecule has 5 heterocycles. The highest BCUT2D eigenvalue weighted by Gasteiger charge is 2.21. The molecule has 180 valence electrons. The van der Waals surface area contributed by atoms with Gasteiger partial charge in [-0.1, -0.05) is 6.07 Å². The van der Waals surface area contributed by atoms with Crippen molar-refractivity contribution >= 4 is 28.7 Å². The van der Waals surface area contributed by atoms with E-state index in [0.29, 0.717) is 54.1 Å². The van der Waals surface area contributed by atoms with Gasteiger partial charge in [0.25, 0.3) is 0 Å². The van der Waals surface area contributed by atoms with Gasteiger partial charge in [0.15, 0.2) is 5.52 Å². The average molecular weight is 475 g/mol. The van der Waals surface area contributed by atoms with Gasteiger partial charge in [-0.05, 0) is 37.6 Å². The Kier molecular flexibility index (Phi) is 6.00. The van der Waals surface area contributed by atoms with Crippen molar-refractivity contribution in [2.45, 2.75) is 32.9 Å². The quantitative estimate of drug-likeness (QED) is 0.433. The summed E-state index contributed by atoms with van der Waals surface area (Å²) in [5.41, 5.74) is 4.77. The van der Waals surface area contributed by atoms with Gasteiger partial charge in [-0.15, -0.1) is 0 Å². The molecule has 1 amide bonds. The zero-order valence-corrected chi connectivity index (χ0v) is 19.8. The highest BCUT2D eigenvalue weighted by molar-refractivity contribution is 5.84. The number of nitrogens with one attached hydrogen (secondary N) is 1. The van der Waals surface area contributed by atoms with E-state index in [1.165, 1.54) is 0 Å². The predicted molar refractivity (Wildman–Crippen MR) is 129 cm³/mol. The normalized spacial score (nSPS) is 13.2. The Labute approximate surface area is 201 Å². The fraction of sp³-hybridized carbons (Fsp3) is 0.333. The molecular weight excluding hydrogens is 448 g/mol. The van der Waals surface area contributed by atoms with E-state index in [4.69, 9.17) is 9.84 Å². The molecule has 1 aliphatic rings. The van der Waals surface area contributed by atoms with Gasteiger partial charge >= 0.3 is 0 Å². The summed E-state index contributed by atoms with van der Waals surface area (Å²) in [6, 6.07) is 7.73. The lowest BCUT2D eigenvalue weighted by Gasteiger charge is -2.27. The summed E-state index contributed by atoms with van der Waals surface area (Å²) in [6.07, 6.45) is 4.07. The van der Waals surface area contributed by atoms with Crippen LogP contribution in [0, 0.1) is 0 Å². The minimum Gasteiger partial charge on any atom is -0.479 e. The molecule has 4 aromatic rings. The Hall–Kier alpha value is -4.12. The number of aliphatic hydroxyl groups is 1. The van der Waals surface area contributed by atoms with Gasteiger partial charge in [0.05, 0.1) is 30.3 Å². The van der Waals surface area contributed by atoms with Crippen LogP contribution in [0.25, 0.3) is 22.4 Å². The minimum atomic E-state index is -0.483. The molecule has 0 fully saturated rings. The van der Waals surface area contributed by atoms with Crippen LogP contribution in [0.3, 0.4) is 0 Å². The first-order valence-corrected chi connectivity index (χ1v) is 11.4. The number of aliphatic hydroxyl groups excluding tert-OH is 1. The van der Waals surface area contributed by atoms with Crippen LogP contribution in [0.4, 0.5) is 11.8 Å². The summed E-state index contributed by atoms with van der Waals surface area (Å²) in [6.45, 7) is 4.67. The van der Waals surface area contributed by atoms with Crippen molar-refractivity contribution in [3.8, 4) is 17.3 Å². The summed E-state index contributed by atoms with van der Waals surface area (Å²) < 4.78 is 7.56. The number of nitrogens with zero attached hydrogens (tertiary/aromatic N) is 7. The number of anilines is 2. The molecule has 11 heteroatoms. The number of carbonyl (C=O) groups is 1. The Morgan fingerprint density at radius 1 is 1.17 bits per heavy atom. The van der Waals surface area contributed by atoms with Crippen LogP contribution in [0.5, 0.6) is 5.88 Å². The largest absolute Gasteiger partial charge is 0.479 e. The van der Waals surface area contributed by atoms with E-state index >= 15 is 0 Å². The molecular formula is C24H26N8O3. The van der Waals surface area contributed by atoms with Gasteiger partial charge in [-0.3, -0.25) is 4.79 Å². The number of imidazole rings is 1. The first-order valence-electron chi connectivity index (χ1n) is 11.4. The number of fused-ring (bicyclic) bond motifs is 2. The van der Waals surface area contributed by atoms with Gasteiger partial charge in [-0.25, -0.2) is 24.9 Å². The number of methoxy groups -OCH3 is 1. The van der Waals surface area contributed by atoms with Crippen LogP contribution < -0.4 is 10.1 Å². The second-order valence-electron chi connectivity index (χ2n) is 8.55. The summed E-state index contributed by atoms with van der Waals surface area (Å²) in [4.78, 5) is 36.2. The van der Waals surface area contributed by atoms with Crippen molar-refractivity contribution in [3.05, 3.63) is 48.0 Å². The molecule has 35 heavy (non-hydrogen) atoms. The summed E-state index contributed by atoms with van der Waals surface area (Å²) in [5.74, 6) is 1.17. The van der Waals surface area contributed by atoms with E-state index < -0.39 is 6.61 Å². The molecule has 0 radical (unpaired) electrons. The highest BCUT2D eigenvalue weighted by Crippen LogP contribution is 2.29. The molecule has 11 nitrogen and oxygen atoms in total. The summed E-state index contributed by atoms with van der Waals surface area (Å²) in [7, 11) is 1.58. The summed E-state index contributed by atoms with van der Waals surface area (Å²) in [5, 5.41) is 12.3. The van der Waals surface area contributed by atoms with E-state index in [1.54, 1.807) is 30.6 Å². The smallest absolute Gasteiger partial charge is 0.248 e. The van der Waals surface area contributed by atoms with E-state index in [0.717, 1.165) is 16.8 Å². The first-order chi connectivity index (χ1) is 17.0. The molecule has 0 spiro atoms. The third-order valence-electron chi connectivity index (χ3n) is 5.97. The number of amides is 1. The predicted octanol–water partition coefficient (Wildman–Crippen LogP) is 2.49. The number of ether oxygens (including phenoxy) is 1. The SMILES string of the molecule is COc1nc(-c2ccnc(Nc3ccc4c(n3)CCN(C(=O)CO)C4)n2)cc2c1ncn2C(C)C. The molecule has 0 saturated heterocycles. The standard InChI is InChI=1S/C24H26N8O3/c1-14(2)32-13-26-22-19(32)10-18(28-23(22)35-3)17-6-8-25-24(29-17)30-20-5-4-15-11-31(21(34)12-33)9-7-16(15)27-20/h4-6,8,10,13-14,33H,7,9,11-12H2,1-3H3,(H,25,27,29,30). The maximum Gasteiger partial charge on any atom is 0.248 e. The molecule has 0 unspecified atom stereocenters. The van der Waals surface area contributed by atoms with Crippen LogP contribution >= 0.6 is 0 Å². The van der Waals surface area contributed by atoms with Crippen molar-refractivity contribution in [2.75, 3.05) is 25.6 Å². The van der Waals surface area contributed by atoms with Gasteiger partial charge in [0, 0.05) is 37.4 Å². The molecule has 4 aromatic heterocycles. The Bertz CT molecular complexity index is 1400. The number of rotatable bonds is 6. The molecule has 5 rings (SSSR count). The van der Waals surface area contributed by atoms with Gasteiger partial charge in [0.1, 0.15) is 12.4 Å². The average Bonchev–Trinajstić information content (AvgIpc) is 3.32. The van der Waals surface area contributed by atoms with Crippen LogP contribution in [0.1, 0.15) is 31.1 Å². The molecule has 0 aromatic carbocycles. The molecule has 0 atom stereocenters. The molecule has 1 aliphatic heterocycles. The lowest BCUT2D eigenvalue weighted by Crippen LogP contribution is -2.37. The van der Waals surface area contributed by atoms with Crippen LogP contribution in [-0.2, 0) is 17.8 Å². The maximum absolute atomic E-state index is 11.8. The number of hydrogen-bond acceptors (Lipinski definition) is 9. The van der Waals surface area contributed by atoms with Gasteiger partial charge in [-0.2, -0.15) is 0 Å². The zero-order chi connectivity index (χ0) is 24.5. The number of pyridine rings is 2. The second kappa shape index (κ2) is 9.26. The van der Waals surface area contributed by atoms with E-state index in [1.807, 2.05) is 18.2 Å². The van der Waals surface area contributed by atoms with Crippen LogP contribution in [-0.4, -0.2) is 65.7 Å². The van der Waals surface area contributed by atoms with Crippen molar-refractivity contribution in [3.63, 3.8) is 0 Å². The molecule has 0 saturated carbocycles. The van der Waals surface area contributed by atoms with Crippen molar-refractivity contribution in [2.24, 2.45) is 0 Å². The Morgan fingerprint density at radius 2 is 2.03 bits per heavy atom. The number of aromatic nitrogens is 6. The first kappa shape index (κ1) is 22.7. The van der Waals surface area contributed by atoms with E-state index in [2.05, 4.69) is 48.7 Å². The fourth-order valence-corrected chi connectivity index (χ4v) is 4.16. The third kappa shape index (κ3) is 4.37. The number of carbonyl (C=O) groups excluding carboxylic acids is 1. The van der Waals surface area contributed by atoms with Crippen molar-refractivity contribution < 1.29 is 14.6 Å². The van der Waals surface area contributed by atoms with Gasteiger partial charge < -0.3 is 24.6 Å². The van der Waals surface area contributed by atoms with Crippen LogP contribution in [0.2, 0.25) is 0 Å². The second-order valence-corrected chi connectivity index (χ2v) is 8.55. The molecule has 2 N–H and O–H groups in total. The summed E-state index contributed by atoms with van der Waals surface area (Å²) >= 11 is 0. The third-order valence-corrected chi connectivity index (χ3v) is 5.97.